The maximum absolute atomic E-state index is 11.8. The largest absolute Gasteiger partial charge is 0.497 e. The zero-order chi connectivity index (χ0) is 21.6. The number of hydrogen-bond acceptors (Lipinski definition) is 5. The third-order valence-corrected chi connectivity index (χ3v) is 5.83. The first-order chi connectivity index (χ1) is 15.2. The van der Waals surface area contributed by atoms with Crippen molar-refractivity contribution in [3.8, 4) is 5.75 Å². The normalized spacial score (nSPS) is 14.7. The Morgan fingerprint density at radius 2 is 1.84 bits per heavy atom. The number of amides is 1. The van der Waals surface area contributed by atoms with Gasteiger partial charge < -0.3 is 24.7 Å². The van der Waals surface area contributed by atoms with Gasteiger partial charge in [0.25, 0.3) is 0 Å². The van der Waals surface area contributed by atoms with Crippen LogP contribution in [0, 0.1) is 0 Å². The molecule has 164 valence electrons. The average Bonchev–Trinajstić information content (AvgIpc) is 3.20. The Morgan fingerprint density at radius 1 is 1.06 bits per heavy atom. The number of ether oxygens (including phenoxy) is 2. The van der Waals surface area contributed by atoms with Gasteiger partial charge >= 0.3 is 0 Å². The van der Waals surface area contributed by atoms with Crippen LogP contribution < -0.4 is 15.0 Å². The van der Waals surface area contributed by atoms with E-state index in [0.717, 1.165) is 61.5 Å². The second-order valence-electron chi connectivity index (χ2n) is 7.83. The molecule has 0 radical (unpaired) electrons. The number of rotatable bonds is 8. The maximum atomic E-state index is 11.8. The van der Waals surface area contributed by atoms with Crippen molar-refractivity contribution in [2.75, 3.05) is 63.8 Å². The zero-order valence-corrected chi connectivity index (χ0v) is 18.2. The van der Waals surface area contributed by atoms with E-state index in [4.69, 9.17) is 9.47 Å². The number of piperazine rings is 1. The van der Waals surface area contributed by atoms with Crippen LogP contribution in [0.3, 0.4) is 0 Å². The first-order valence-corrected chi connectivity index (χ1v) is 10.7. The van der Waals surface area contributed by atoms with Crippen LogP contribution in [-0.2, 0) is 16.0 Å². The van der Waals surface area contributed by atoms with Crippen LogP contribution >= 0.6 is 0 Å². The molecule has 0 saturated carbocycles. The summed E-state index contributed by atoms with van der Waals surface area (Å²) in [5, 5.41) is 4.04. The lowest BCUT2D eigenvalue weighted by atomic mass is 10.1. The predicted molar refractivity (Wildman–Crippen MR) is 124 cm³/mol. The molecule has 1 saturated heterocycles. The Balaban J connectivity index is 1.32. The number of carbonyl (C=O) groups is 1. The van der Waals surface area contributed by atoms with E-state index in [1.165, 1.54) is 18.4 Å². The van der Waals surface area contributed by atoms with E-state index in [1.54, 1.807) is 7.11 Å². The molecule has 1 aromatic heterocycles. The van der Waals surface area contributed by atoms with Crippen molar-refractivity contribution in [1.29, 1.82) is 0 Å². The lowest BCUT2D eigenvalue weighted by molar-refractivity contribution is -0.119. The maximum Gasteiger partial charge on any atom is 0.250 e. The van der Waals surface area contributed by atoms with E-state index in [0.29, 0.717) is 0 Å². The Labute approximate surface area is 182 Å². The van der Waals surface area contributed by atoms with Crippen molar-refractivity contribution in [3.05, 3.63) is 54.2 Å². The van der Waals surface area contributed by atoms with Gasteiger partial charge in [0.15, 0.2) is 0 Å². The number of H-pyrrole nitrogens is 1. The van der Waals surface area contributed by atoms with Crippen molar-refractivity contribution in [3.63, 3.8) is 0 Å². The summed E-state index contributed by atoms with van der Waals surface area (Å²) >= 11 is 0. The van der Waals surface area contributed by atoms with E-state index in [1.807, 2.05) is 30.3 Å². The minimum absolute atomic E-state index is 0.0561. The molecule has 2 heterocycles. The summed E-state index contributed by atoms with van der Waals surface area (Å²) in [5.74, 6) is 0.746. The molecule has 0 atom stereocenters. The molecule has 1 amide bonds. The van der Waals surface area contributed by atoms with Crippen molar-refractivity contribution in [1.82, 2.24) is 9.88 Å². The first kappa shape index (κ1) is 21.2. The van der Waals surface area contributed by atoms with Gasteiger partial charge in [0, 0.05) is 68.3 Å². The van der Waals surface area contributed by atoms with Crippen LogP contribution in [0.2, 0.25) is 0 Å². The standard InChI is InChI=1S/C24H30N4O3/c1-30-17-24(29)26-19-3-8-23-22(15-19)18(16-25-23)9-10-27-11-13-28(14-12-27)20-4-6-21(31-2)7-5-20/h3-8,15-16,25H,9-14,17H2,1-2H3,(H,26,29). The molecule has 2 N–H and O–H groups in total. The van der Waals surface area contributed by atoms with E-state index >= 15 is 0 Å². The molecule has 1 aliphatic rings. The Morgan fingerprint density at radius 3 is 2.55 bits per heavy atom. The summed E-state index contributed by atoms with van der Waals surface area (Å²) in [6, 6.07) is 14.3. The molecule has 0 bridgehead atoms. The molecule has 7 heteroatoms. The molecule has 7 nitrogen and oxygen atoms in total. The summed E-state index contributed by atoms with van der Waals surface area (Å²) in [5.41, 5.74) is 4.41. The first-order valence-electron chi connectivity index (χ1n) is 10.7. The quantitative estimate of drug-likeness (QED) is 0.584. The smallest absolute Gasteiger partial charge is 0.250 e. The van der Waals surface area contributed by atoms with Gasteiger partial charge in [0.1, 0.15) is 12.4 Å². The highest BCUT2D eigenvalue weighted by atomic mass is 16.5. The molecular weight excluding hydrogens is 392 g/mol. The highest BCUT2D eigenvalue weighted by molar-refractivity contribution is 5.95. The number of carbonyl (C=O) groups excluding carboxylic acids is 1. The molecule has 4 rings (SSSR count). The molecule has 0 aliphatic carbocycles. The van der Waals surface area contributed by atoms with E-state index in [-0.39, 0.29) is 12.5 Å². The molecule has 0 spiro atoms. The molecule has 31 heavy (non-hydrogen) atoms. The molecule has 1 fully saturated rings. The van der Waals surface area contributed by atoms with Gasteiger partial charge in [-0.1, -0.05) is 0 Å². The van der Waals surface area contributed by atoms with Crippen LogP contribution in [-0.4, -0.2) is 69.3 Å². The van der Waals surface area contributed by atoms with Crippen LogP contribution in [0.4, 0.5) is 11.4 Å². The number of hydrogen-bond donors (Lipinski definition) is 2. The fraction of sp³-hybridized carbons (Fsp3) is 0.375. The van der Waals surface area contributed by atoms with Gasteiger partial charge in [-0.05, 0) is 54.4 Å². The minimum Gasteiger partial charge on any atom is -0.497 e. The number of anilines is 2. The minimum atomic E-state index is -0.145. The zero-order valence-electron chi connectivity index (χ0n) is 18.2. The van der Waals surface area contributed by atoms with Gasteiger partial charge in [-0.3, -0.25) is 9.69 Å². The second kappa shape index (κ2) is 9.85. The number of nitrogens with zero attached hydrogens (tertiary/aromatic N) is 2. The van der Waals surface area contributed by atoms with Gasteiger partial charge in [0.05, 0.1) is 7.11 Å². The molecule has 1 aliphatic heterocycles. The van der Waals surface area contributed by atoms with Crippen LogP contribution in [0.25, 0.3) is 10.9 Å². The van der Waals surface area contributed by atoms with Gasteiger partial charge in [-0.2, -0.15) is 0 Å². The molecule has 0 unspecified atom stereocenters. The van der Waals surface area contributed by atoms with Crippen molar-refractivity contribution < 1.29 is 14.3 Å². The molecule has 2 aromatic carbocycles. The summed E-state index contributed by atoms with van der Waals surface area (Å²) in [6.45, 7) is 5.22. The molecular formula is C24H30N4O3. The van der Waals surface area contributed by atoms with E-state index < -0.39 is 0 Å². The van der Waals surface area contributed by atoms with Crippen LogP contribution in [0.15, 0.2) is 48.7 Å². The highest BCUT2D eigenvalue weighted by Gasteiger charge is 2.17. The Hall–Kier alpha value is -3.03. The van der Waals surface area contributed by atoms with Crippen LogP contribution in [0.1, 0.15) is 5.56 Å². The lowest BCUT2D eigenvalue weighted by Crippen LogP contribution is -2.46. The molecule has 3 aromatic rings. The topological polar surface area (TPSA) is 69.8 Å². The fourth-order valence-corrected chi connectivity index (χ4v) is 4.09. The van der Waals surface area contributed by atoms with E-state index in [9.17, 15) is 4.79 Å². The number of aromatic nitrogens is 1. The van der Waals surface area contributed by atoms with Gasteiger partial charge in [-0.25, -0.2) is 0 Å². The van der Waals surface area contributed by atoms with Crippen LogP contribution in [0.5, 0.6) is 5.75 Å². The summed E-state index contributed by atoms with van der Waals surface area (Å²) in [6.07, 6.45) is 3.05. The third-order valence-electron chi connectivity index (χ3n) is 5.83. The number of aromatic amines is 1. The fourth-order valence-electron chi connectivity index (χ4n) is 4.09. The lowest BCUT2D eigenvalue weighted by Gasteiger charge is -2.36. The summed E-state index contributed by atoms with van der Waals surface area (Å²) in [4.78, 5) is 20.1. The number of fused-ring (bicyclic) bond motifs is 1. The van der Waals surface area contributed by atoms with Gasteiger partial charge in [0.2, 0.25) is 5.91 Å². The highest BCUT2D eigenvalue weighted by Crippen LogP contribution is 2.24. The summed E-state index contributed by atoms with van der Waals surface area (Å²) in [7, 11) is 3.21. The SMILES string of the molecule is COCC(=O)Nc1ccc2[nH]cc(CCN3CCN(c4ccc(OC)cc4)CC3)c2c1. The van der Waals surface area contributed by atoms with Crippen molar-refractivity contribution in [2.24, 2.45) is 0 Å². The second-order valence-corrected chi connectivity index (χ2v) is 7.83. The number of benzene rings is 2. The predicted octanol–water partition coefficient (Wildman–Crippen LogP) is 3.13. The van der Waals surface area contributed by atoms with Crippen molar-refractivity contribution in [2.45, 2.75) is 6.42 Å². The third kappa shape index (κ3) is 5.18. The Bertz CT molecular complexity index is 1010. The number of nitrogens with one attached hydrogen (secondary N) is 2. The number of methoxy groups -OCH3 is 2. The summed E-state index contributed by atoms with van der Waals surface area (Å²) < 4.78 is 10.1. The van der Waals surface area contributed by atoms with Crippen molar-refractivity contribution >= 4 is 28.2 Å². The Kier molecular flexibility index (Phi) is 6.74. The monoisotopic (exact) mass is 422 g/mol. The van der Waals surface area contributed by atoms with E-state index in [2.05, 4.69) is 38.4 Å². The van der Waals surface area contributed by atoms with Gasteiger partial charge in [-0.15, -0.1) is 0 Å². The average molecular weight is 423 g/mol.